The summed E-state index contributed by atoms with van der Waals surface area (Å²) in [6, 6.07) is 29.0. The number of carboxylic acids is 1. The molecule has 0 radical (unpaired) electrons. The van der Waals surface area contributed by atoms with Gasteiger partial charge in [0.05, 0.1) is 0 Å². The third-order valence-electron chi connectivity index (χ3n) is 5.12. The molecule has 0 spiro atoms. The molecule has 2 N–H and O–H groups in total. The summed E-state index contributed by atoms with van der Waals surface area (Å²) >= 11 is 0. The van der Waals surface area contributed by atoms with Gasteiger partial charge >= 0.3 is 5.97 Å². The number of benzene rings is 3. The van der Waals surface area contributed by atoms with Gasteiger partial charge in [-0.05, 0) is 23.1 Å². The van der Waals surface area contributed by atoms with Crippen LogP contribution in [-0.4, -0.2) is 17.0 Å². The summed E-state index contributed by atoms with van der Waals surface area (Å²) in [6.07, 6.45) is 0.898. The lowest BCUT2D eigenvalue weighted by Crippen LogP contribution is -2.51. The molecule has 3 aromatic carbocycles. The van der Waals surface area contributed by atoms with Crippen molar-refractivity contribution in [2.75, 3.05) is 0 Å². The molecule has 0 saturated heterocycles. The van der Waals surface area contributed by atoms with Crippen LogP contribution in [0.1, 0.15) is 36.5 Å². The Morgan fingerprint density at radius 1 is 0.793 bits per heavy atom. The Hall–Kier alpha value is -3.40. The number of carboxylic acid groups (broad SMARTS) is 1. The Bertz CT molecular complexity index is 843. The zero-order valence-corrected chi connectivity index (χ0v) is 16.4. The first-order valence-corrected chi connectivity index (χ1v) is 9.81. The zero-order chi connectivity index (χ0) is 20.7. The molecule has 1 amide bonds. The molecule has 0 aliphatic heterocycles. The number of hydrogen-bond donors (Lipinski definition) is 2. The van der Waals surface area contributed by atoms with Gasteiger partial charge in [-0.15, -0.1) is 0 Å². The van der Waals surface area contributed by atoms with E-state index in [1.165, 1.54) is 0 Å². The summed E-state index contributed by atoms with van der Waals surface area (Å²) in [5.41, 5.74) is 1.60. The van der Waals surface area contributed by atoms with Gasteiger partial charge in [0.2, 0.25) is 5.91 Å². The van der Waals surface area contributed by atoms with Gasteiger partial charge in [0.25, 0.3) is 0 Å². The minimum Gasteiger partial charge on any atom is -0.481 e. The van der Waals surface area contributed by atoms with Crippen molar-refractivity contribution >= 4 is 11.9 Å². The largest absolute Gasteiger partial charge is 0.481 e. The Labute approximate surface area is 171 Å². The third kappa shape index (κ3) is 4.21. The fourth-order valence-corrected chi connectivity index (χ4v) is 3.71. The standard InChI is InChI=1S/C25H25NO3/c1-2-12-22(24(28)29)23(27)26-25(19-13-6-3-7-14-19,20-15-8-4-9-16-20)21-17-10-5-11-18-21/h3-11,13-18,22H,2,12H2,1H3,(H,26,27)(H,28,29)/t22-/m0/s1. The molecular formula is C25H25NO3. The minimum atomic E-state index is -1.10. The van der Waals surface area contributed by atoms with Crippen molar-refractivity contribution in [1.82, 2.24) is 5.32 Å². The van der Waals surface area contributed by atoms with E-state index in [-0.39, 0.29) is 6.42 Å². The monoisotopic (exact) mass is 387 g/mol. The second-order valence-corrected chi connectivity index (χ2v) is 7.02. The van der Waals surface area contributed by atoms with Gasteiger partial charge in [-0.2, -0.15) is 0 Å². The molecule has 0 aliphatic carbocycles. The summed E-state index contributed by atoms with van der Waals surface area (Å²) in [4.78, 5) is 25.0. The van der Waals surface area contributed by atoms with Crippen LogP contribution in [0.5, 0.6) is 0 Å². The minimum absolute atomic E-state index is 0.287. The lowest BCUT2D eigenvalue weighted by molar-refractivity contribution is -0.147. The average molecular weight is 387 g/mol. The average Bonchev–Trinajstić information content (AvgIpc) is 2.77. The summed E-state index contributed by atoms with van der Waals surface area (Å²) < 4.78 is 0. The van der Waals surface area contributed by atoms with Crippen LogP contribution in [0.3, 0.4) is 0 Å². The number of aliphatic carboxylic acids is 1. The maximum atomic E-state index is 13.2. The SMILES string of the molecule is CCC[C@H](C(=O)O)C(=O)NC(c1ccccc1)(c1ccccc1)c1ccccc1. The van der Waals surface area contributed by atoms with E-state index in [2.05, 4.69) is 5.32 Å². The zero-order valence-electron chi connectivity index (χ0n) is 16.4. The van der Waals surface area contributed by atoms with Crippen molar-refractivity contribution < 1.29 is 14.7 Å². The number of amides is 1. The highest BCUT2D eigenvalue weighted by atomic mass is 16.4. The highest BCUT2D eigenvalue weighted by Crippen LogP contribution is 2.37. The van der Waals surface area contributed by atoms with Crippen LogP contribution in [0.25, 0.3) is 0 Å². The number of carbonyl (C=O) groups is 2. The second-order valence-electron chi connectivity index (χ2n) is 7.02. The molecule has 0 aliphatic rings. The number of carbonyl (C=O) groups excluding carboxylic acids is 1. The molecule has 0 unspecified atom stereocenters. The molecule has 3 rings (SSSR count). The van der Waals surface area contributed by atoms with E-state index in [0.29, 0.717) is 6.42 Å². The molecule has 3 aromatic rings. The highest BCUT2D eigenvalue weighted by Gasteiger charge is 2.40. The maximum Gasteiger partial charge on any atom is 0.316 e. The van der Waals surface area contributed by atoms with Crippen LogP contribution in [0.2, 0.25) is 0 Å². The van der Waals surface area contributed by atoms with Gasteiger partial charge < -0.3 is 10.4 Å². The van der Waals surface area contributed by atoms with Gasteiger partial charge in [-0.1, -0.05) is 104 Å². The van der Waals surface area contributed by atoms with Crippen molar-refractivity contribution in [2.45, 2.75) is 25.3 Å². The van der Waals surface area contributed by atoms with Crippen LogP contribution >= 0.6 is 0 Å². The quantitative estimate of drug-likeness (QED) is 0.439. The van der Waals surface area contributed by atoms with Gasteiger partial charge in [-0.3, -0.25) is 9.59 Å². The number of rotatable bonds is 8. The van der Waals surface area contributed by atoms with Crippen LogP contribution in [0.15, 0.2) is 91.0 Å². The smallest absolute Gasteiger partial charge is 0.316 e. The Balaban J connectivity index is 2.22. The maximum absolute atomic E-state index is 13.2. The Kier molecular flexibility index (Phi) is 6.45. The molecule has 0 bridgehead atoms. The number of nitrogens with one attached hydrogen (secondary N) is 1. The van der Waals surface area contributed by atoms with E-state index in [0.717, 1.165) is 16.7 Å². The van der Waals surface area contributed by atoms with E-state index < -0.39 is 23.3 Å². The van der Waals surface area contributed by atoms with Gasteiger partial charge in [0.1, 0.15) is 11.5 Å². The molecule has 4 nitrogen and oxygen atoms in total. The molecule has 4 heteroatoms. The molecule has 0 fully saturated rings. The molecule has 148 valence electrons. The highest BCUT2D eigenvalue weighted by molar-refractivity contribution is 5.97. The molecule has 1 atom stereocenters. The lowest BCUT2D eigenvalue weighted by Gasteiger charge is -2.37. The van der Waals surface area contributed by atoms with Gasteiger partial charge in [0.15, 0.2) is 0 Å². The van der Waals surface area contributed by atoms with Crippen molar-refractivity contribution in [3.8, 4) is 0 Å². The van der Waals surface area contributed by atoms with E-state index in [9.17, 15) is 14.7 Å². The van der Waals surface area contributed by atoms with Gasteiger partial charge in [-0.25, -0.2) is 0 Å². The molecule has 0 saturated carbocycles. The molecule has 29 heavy (non-hydrogen) atoms. The van der Waals surface area contributed by atoms with Crippen LogP contribution in [0.4, 0.5) is 0 Å². The first kappa shape index (κ1) is 20.3. The van der Waals surface area contributed by atoms with Crippen molar-refractivity contribution in [3.05, 3.63) is 108 Å². The fraction of sp³-hybridized carbons (Fsp3) is 0.200. The topological polar surface area (TPSA) is 66.4 Å². The molecular weight excluding hydrogens is 362 g/mol. The Morgan fingerprint density at radius 3 is 1.48 bits per heavy atom. The van der Waals surface area contributed by atoms with Crippen LogP contribution in [-0.2, 0) is 15.1 Å². The van der Waals surface area contributed by atoms with E-state index in [4.69, 9.17) is 0 Å². The van der Waals surface area contributed by atoms with E-state index in [1.54, 1.807) is 0 Å². The first-order valence-electron chi connectivity index (χ1n) is 9.81. The normalized spacial score (nSPS) is 12.2. The summed E-state index contributed by atoms with van der Waals surface area (Å²) in [7, 11) is 0. The van der Waals surface area contributed by atoms with E-state index >= 15 is 0 Å². The van der Waals surface area contributed by atoms with Gasteiger partial charge in [0, 0.05) is 0 Å². The van der Waals surface area contributed by atoms with E-state index in [1.807, 2.05) is 97.9 Å². The predicted molar refractivity (Wildman–Crippen MR) is 113 cm³/mol. The van der Waals surface area contributed by atoms with Crippen LogP contribution in [0, 0.1) is 5.92 Å². The summed E-state index contributed by atoms with van der Waals surface area (Å²) in [5.74, 6) is -2.70. The summed E-state index contributed by atoms with van der Waals surface area (Å²) in [5, 5.41) is 12.7. The first-order chi connectivity index (χ1) is 14.1. The van der Waals surface area contributed by atoms with Crippen molar-refractivity contribution in [2.24, 2.45) is 5.92 Å². The number of hydrogen-bond acceptors (Lipinski definition) is 2. The third-order valence-corrected chi connectivity index (χ3v) is 5.12. The fourth-order valence-electron chi connectivity index (χ4n) is 3.71. The predicted octanol–water partition coefficient (Wildman–Crippen LogP) is 4.60. The summed E-state index contributed by atoms with van der Waals surface area (Å²) in [6.45, 7) is 1.88. The molecule has 0 aromatic heterocycles. The van der Waals surface area contributed by atoms with Crippen molar-refractivity contribution in [3.63, 3.8) is 0 Å². The second kappa shape index (κ2) is 9.20. The lowest BCUT2D eigenvalue weighted by atomic mass is 9.76. The Morgan fingerprint density at radius 2 is 1.17 bits per heavy atom. The van der Waals surface area contributed by atoms with Crippen molar-refractivity contribution in [1.29, 1.82) is 0 Å². The van der Waals surface area contributed by atoms with Crippen LogP contribution < -0.4 is 5.32 Å². The molecule has 0 heterocycles.